The van der Waals surface area contributed by atoms with E-state index in [0.717, 1.165) is 45.2 Å². The molecule has 1 saturated heterocycles. The number of aliphatic carboxylic acids is 1. The SMILES string of the molecule is Cl.Cl.NC(c1ccc(C2CCNCC2)cc1)C1CCC(CCC(=O)O)CC1. The summed E-state index contributed by atoms with van der Waals surface area (Å²) in [6, 6.07) is 9.15. The number of carboxylic acids is 1. The van der Waals surface area contributed by atoms with Gasteiger partial charge in [-0.25, -0.2) is 0 Å². The van der Waals surface area contributed by atoms with Gasteiger partial charge in [-0.1, -0.05) is 37.1 Å². The number of halogens is 2. The Morgan fingerprint density at radius 3 is 2.19 bits per heavy atom. The molecule has 0 amide bonds. The van der Waals surface area contributed by atoms with Gasteiger partial charge in [0.2, 0.25) is 0 Å². The molecule has 1 atom stereocenters. The van der Waals surface area contributed by atoms with Crippen LogP contribution in [0.4, 0.5) is 0 Å². The number of hydrogen-bond acceptors (Lipinski definition) is 3. The summed E-state index contributed by atoms with van der Waals surface area (Å²) in [5.41, 5.74) is 9.27. The average molecular weight is 417 g/mol. The second kappa shape index (κ2) is 11.9. The van der Waals surface area contributed by atoms with E-state index in [9.17, 15) is 4.79 Å². The minimum Gasteiger partial charge on any atom is -0.481 e. The minimum absolute atomic E-state index is 0. The molecule has 27 heavy (non-hydrogen) atoms. The number of carbonyl (C=O) groups is 1. The van der Waals surface area contributed by atoms with E-state index in [2.05, 4.69) is 29.6 Å². The second-order valence-electron chi connectivity index (χ2n) is 7.93. The molecule has 0 radical (unpaired) electrons. The molecule has 1 unspecified atom stereocenters. The van der Waals surface area contributed by atoms with Gasteiger partial charge >= 0.3 is 5.97 Å². The third-order valence-corrected chi connectivity index (χ3v) is 6.30. The molecule has 4 N–H and O–H groups in total. The van der Waals surface area contributed by atoms with Crippen molar-refractivity contribution < 1.29 is 9.90 Å². The Hall–Kier alpha value is -0.810. The summed E-state index contributed by atoms with van der Waals surface area (Å²) in [5, 5.41) is 12.2. The highest BCUT2D eigenvalue weighted by Crippen LogP contribution is 2.37. The molecule has 4 nitrogen and oxygen atoms in total. The van der Waals surface area contributed by atoms with Crippen molar-refractivity contribution in [2.75, 3.05) is 13.1 Å². The number of rotatable bonds is 6. The van der Waals surface area contributed by atoms with E-state index in [1.54, 1.807) is 0 Å². The van der Waals surface area contributed by atoms with E-state index in [-0.39, 0.29) is 30.9 Å². The molecule has 1 saturated carbocycles. The molecule has 2 fully saturated rings. The highest BCUT2D eigenvalue weighted by molar-refractivity contribution is 5.85. The molecule has 2 aliphatic rings. The predicted molar refractivity (Wildman–Crippen MR) is 115 cm³/mol. The van der Waals surface area contributed by atoms with Crippen LogP contribution >= 0.6 is 24.8 Å². The van der Waals surface area contributed by atoms with E-state index in [0.29, 0.717) is 24.2 Å². The molecular weight excluding hydrogens is 383 g/mol. The van der Waals surface area contributed by atoms with Crippen LogP contribution in [0.5, 0.6) is 0 Å². The van der Waals surface area contributed by atoms with Gasteiger partial charge in [0.15, 0.2) is 0 Å². The Labute approximate surface area is 175 Å². The Bertz CT molecular complexity index is 554. The van der Waals surface area contributed by atoms with Crippen molar-refractivity contribution in [3.63, 3.8) is 0 Å². The van der Waals surface area contributed by atoms with Gasteiger partial charge in [0.25, 0.3) is 0 Å². The van der Waals surface area contributed by atoms with Crippen molar-refractivity contribution in [2.24, 2.45) is 17.6 Å². The van der Waals surface area contributed by atoms with E-state index in [1.165, 1.54) is 24.0 Å². The van der Waals surface area contributed by atoms with Crippen LogP contribution in [0.3, 0.4) is 0 Å². The topological polar surface area (TPSA) is 75.3 Å². The lowest BCUT2D eigenvalue weighted by Crippen LogP contribution is -2.27. The maximum absolute atomic E-state index is 10.7. The van der Waals surface area contributed by atoms with Crippen LogP contribution in [-0.2, 0) is 4.79 Å². The maximum Gasteiger partial charge on any atom is 0.303 e. The molecule has 0 spiro atoms. The van der Waals surface area contributed by atoms with Crippen molar-refractivity contribution in [3.8, 4) is 0 Å². The summed E-state index contributed by atoms with van der Waals surface area (Å²) < 4.78 is 0. The zero-order valence-corrected chi connectivity index (χ0v) is 17.6. The fourth-order valence-electron chi connectivity index (χ4n) is 4.58. The third-order valence-electron chi connectivity index (χ3n) is 6.30. The van der Waals surface area contributed by atoms with Crippen LogP contribution in [-0.4, -0.2) is 24.2 Å². The molecule has 1 aliphatic heterocycles. The largest absolute Gasteiger partial charge is 0.481 e. The quantitative estimate of drug-likeness (QED) is 0.629. The summed E-state index contributed by atoms with van der Waals surface area (Å²) in [4.78, 5) is 10.7. The van der Waals surface area contributed by atoms with Gasteiger partial charge in [0, 0.05) is 12.5 Å². The number of piperidine rings is 1. The van der Waals surface area contributed by atoms with Gasteiger partial charge in [-0.15, -0.1) is 24.8 Å². The van der Waals surface area contributed by atoms with E-state index < -0.39 is 5.97 Å². The highest BCUT2D eigenvalue weighted by Gasteiger charge is 2.27. The number of benzene rings is 1. The molecule has 0 aromatic heterocycles. The lowest BCUT2D eigenvalue weighted by Gasteiger charge is -2.32. The lowest BCUT2D eigenvalue weighted by atomic mass is 9.75. The van der Waals surface area contributed by atoms with Crippen molar-refractivity contribution in [3.05, 3.63) is 35.4 Å². The number of nitrogens with two attached hydrogens (primary N) is 1. The van der Waals surface area contributed by atoms with E-state index >= 15 is 0 Å². The van der Waals surface area contributed by atoms with Crippen LogP contribution < -0.4 is 11.1 Å². The van der Waals surface area contributed by atoms with Crippen LogP contribution in [0.25, 0.3) is 0 Å². The van der Waals surface area contributed by atoms with Crippen LogP contribution in [0.1, 0.15) is 74.5 Å². The van der Waals surface area contributed by atoms with E-state index in [1.807, 2.05) is 0 Å². The summed E-state index contributed by atoms with van der Waals surface area (Å²) in [6.45, 7) is 2.24. The lowest BCUT2D eigenvalue weighted by molar-refractivity contribution is -0.137. The van der Waals surface area contributed by atoms with Gasteiger partial charge in [-0.3, -0.25) is 4.79 Å². The Morgan fingerprint density at radius 2 is 1.63 bits per heavy atom. The Morgan fingerprint density at radius 1 is 1.04 bits per heavy atom. The molecule has 6 heteroatoms. The minimum atomic E-state index is -0.673. The summed E-state index contributed by atoms with van der Waals surface area (Å²) in [7, 11) is 0. The summed E-state index contributed by atoms with van der Waals surface area (Å²) in [5.74, 6) is 1.12. The number of carboxylic acid groups (broad SMARTS) is 1. The maximum atomic E-state index is 10.7. The smallest absolute Gasteiger partial charge is 0.303 e. The molecular formula is C21H34Cl2N2O2. The van der Waals surface area contributed by atoms with Crippen LogP contribution in [0.2, 0.25) is 0 Å². The molecule has 1 heterocycles. The number of hydrogen-bond donors (Lipinski definition) is 3. The Balaban J connectivity index is 0.00000182. The van der Waals surface area contributed by atoms with Gasteiger partial charge < -0.3 is 16.2 Å². The summed E-state index contributed by atoms with van der Waals surface area (Å²) in [6.07, 6.45) is 8.08. The second-order valence-corrected chi connectivity index (χ2v) is 7.93. The van der Waals surface area contributed by atoms with Crippen molar-refractivity contribution in [2.45, 2.75) is 63.3 Å². The van der Waals surface area contributed by atoms with Crippen molar-refractivity contribution in [1.82, 2.24) is 5.32 Å². The van der Waals surface area contributed by atoms with Gasteiger partial charge in [-0.2, -0.15) is 0 Å². The monoisotopic (exact) mass is 416 g/mol. The molecule has 1 aromatic carbocycles. The molecule has 0 bridgehead atoms. The zero-order valence-electron chi connectivity index (χ0n) is 15.9. The first-order valence-electron chi connectivity index (χ1n) is 9.91. The first-order valence-corrected chi connectivity index (χ1v) is 9.91. The van der Waals surface area contributed by atoms with Gasteiger partial charge in [-0.05, 0) is 74.1 Å². The average Bonchev–Trinajstić information content (AvgIpc) is 2.67. The van der Waals surface area contributed by atoms with Crippen LogP contribution in [0, 0.1) is 11.8 Å². The van der Waals surface area contributed by atoms with Gasteiger partial charge in [0.1, 0.15) is 0 Å². The molecule has 1 aromatic rings. The normalized spacial score (nSPS) is 24.3. The summed E-state index contributed by atoms with van der Waals surface area (Å²) >= 11 is 0. The van der Waals surface area contributed by atoms with Gasteiger partial charge in [0.05, 0.1) is 0 Å². The molecule has 154 valence electrons. The first kappa shape index (κ1) is 24.2. The third kappa shape index (κ3) is 6.94. The van der Waals surface area contributed by atoms with Crippen LogP contribution in [0.15, 0.2) is 24.3 Å². The van der Waals surface area contributed by atoms with Crippen molar-refractivity contribution >= 4 is 30.8 Å². The number of nitrogens with one attached hydrogen (secondary N) is 1. The van der Waals surface area contributed by atoms with Crippen molar-refractivity contribution in [1.29, 1.82) is 0 Å². The van der Waals surface area contributed by atoms with E-state index in [4.69, 9.17) is 10.8 Å². The highest BCUT2D eigenvalue weighted by atomic mass is 35.5. The fourth-order valence-corrected chi connectivity index (χ4v) is 4.58. The standard InChI is InChI=1S/C21H32N2O2.2ClH/c22-21(18-4-1-15(2-5-18)3-10-20(24)25)19-8-6-16(7-9-19)17-11-13-23-14-12-17;;/h6-9,15,17-18,21,23H,1-5,10-14,22H2,(H,24,25);2*1H. The predicted octanol–water partition coefficient (Wildman–Crippen LogP) is 4.67. The first-order chi connectivity index (χ1) is 12.1. The fraction of sp³-hybridized carbons (Fsp3) is 0.667. The molecule has 3 rings (SSSR count). The zero-order chi connectivity index (χ0) is 17.6. The molecule has 1 aliphatic carbocycles. The Kier molecular flexibility index (Phi) is 10.7.